The standard InChI is InChI=1S/C45H48F2N6O3S2Si/c1-30(2)39-26-40(51(6)44-50-42(41(27-48)57-44)31-18-20-32(46)21-19-31)37-24-33(25-38(47)43(37)49-39)52-22-23-53(58(7,54)55)34(28-52)29-56-59(45(3,4)5,35-14-10-8-11-15-35)36-16-12-9-13-17-36/h8-21,24-26,30,34H,22-23,28-29H2,1-7H3/t34-/m0/s1. The zero-order valence-electron chi connectivity index (χ0n) is 34.3. The summed E-state index contributed by atoms with van der Waals surface area (Å²) in [6, 6.07) is 33.2. The van der Waals surface area contributed by atoms with E-state index in [0.717, 1.165) is 10.4 Å². The fourth-order valence-corrected chi connectivity index (χ4v) is 14.6. The molecular formula is C45H48F2N6O3S2Si. The summed E-state index contributed by atoms with van der Waals surface area (Å²) in [5, 5.41) is 12.9. The van der Waals surface area contributed by atoms with E-state index in [-0.39, 0.29) is 36.2 Å². The fourth-order valence-electron chi connectivity index (χ4n) is 8.09. The molecule has 2 aromatic heterocycles. The van der Waals surface area contributed by atoms with Gasteiger partial charge in [0.15, 0.2) is 10.9 Å². The van der Waals surface area contributed by atoms with Gasteiger partial charge < -0.3 is 14.2 Å². The highest BCUT2D eigenvalue weighted by Gasteiger charge is 2.51. The van der Waals surface area contributed by atoms with Crippen LogP contribution in [0.4, 0.5) is 25.3 Å². The maximum absolute atomic E-state index is 16.5. The molecule has 3 heterocycles. The second-order valence-electron chi connectivity index (χ2n) is 16.3. The first-order valence-corrected chi connectivity index (χ1v) is 24.1. The number of hydrogen-bond donors (Lipinski definition) is 0. The molecule has 6 aromatic rings. The molecule has 59 heavy (non-hydrogen) atoms. The second-order valence-corrected chi connectivity index (χ2v) is 23.6. The molecule has 1 atom stereocenters. The summed E-state index contributed by atoms with van der Waals surface area (Å²) in [7, 11) is -4.84. The monoisotopic (exact) mass is 850 g/mol. The molecule has 0 aliphatic carbocycles. The first-order chi connectivity index (χ1) is 28.0. The maximum atomic E-state index is 16.5. The van der Waals surface area contributed by atoms with Gasteiger partial charge in [0.1, 0.15) is 28.0 Å². The third-order valence-electron chi connectivity index (χ3n) is 11.1. The van der Waals surface area contributed by atoms with E-state index in [2.05, 4.69) is 51.1 Å². The Balaban J connectivity index is 1.28. The highest BCUT2D eigenvalue weighted by atomic mass is 32.2. The van der Waals surface area contributed by atoms with Gasteiger partial charge in [-0.05, 0) is 63.8 Å². The van der Waals surface area contributed by atoms with Crippen LogP contribution in [0.1, 0.15) is 51.1 Å². The summed E-state index contributed by atoms with van der Waals surface area (Å²) >= 11 is 1.19. The third-order valence-corrected chi connectivity index (χ3v) is 18.4. The normalized spacial score (nSPS) is 15.5. The third kappa shape index (κ3) is 8.27. The van der Waals surface area contributed by atoms with Crippen LogP contribution in [0.3, 0.4) is 0 Å². The van der Waals surface area contributed by atoms with Gasteiger partial charge in [0.05, 0.1) is 24.6 Å². The van der Waals surface area contributed by atoms with Crippen LogP contribution >= 0.6 is 11.3 Å². The number of rotatable bonds is 11. The topological polar surface area (TPSA) is 103 Å². The van der Waals surface area contributed by atoms with E-state index in [1.54, 1.807) is 12.1 Å². The van der Waals surface area contributed by atoms with Gasteiger partial charge in [-0.15, -0.1) is 0 Å². The molecular weight excluding hydrogens is 803 g/mol. The van der Waals surface area contributed by atoms with Gasteiger partial charge in [-0.2, -0.15) is 9.57 Å². The molecule has 7 rings (SSSR count). The Morgan fingerprint density at radius 3 is 2.14 bits per heavy atom. The summed E-state index contributed by atoms with van der Waals surface area (Å²) in [5.74, 6) is -0.922. The number of fused-ring (bicyclic) bond motifs is 1. The van der Waals surface area contributed by atoms with Gasteiger partial charge >= 0.3 is 0 Å². The average molecular weight is 851 g/mol. The van der Waals surface area contributed by atoms with Crippen molar-refractivity contribution in [2.24, 2.45) is 0 Å². The zero-order valence-corrected chi connectivity index (χ0v) is 36.9. The number of nitrogens with zero attached hydrogens (tertiary/aromatic N) is 6. The molecule has 9 nitrogen and oxygen atoms in total. The number of benzene rings is 4. The van der Waals surface area contributed by atoms with Crippen LogP contribution in [0.25, 0.3) is 22.2 Å². The Morgan fingerprint density at radius 1 is 0.949 bits per heavy atom. The van der Waals surface area contributed by atoms with E-state index in [0.29, 0.717) is 50.3 Å². The summed E-state index contributed by atoms with van der Waals surface area (Å²) in [6.45, 7) is 11.4. The number of nitriles is 1. The predicted molar refractivity (Wildman–Crippen MR) is 237 cm³/mol. The number of anilines is 3. The van der Waals surface area contributed by atoms with Gasteiger partial charge in [0.25, 0.3) is 8.32 Å². The van der Waals surface area contributed by atoms with Gasteiger partial charge in [-0.1, -0.05) is 107 Å². The Hall–Kier alpha value is -5.04. The molecule has 1 fully saturated rings. The molecule has 0 N–H and O–H groups in total. The Morgan fingerprint density at radius 2 is 1.58 bits per heavy atom. The van der Waals surface area contributed by atoms with Crippen molar-refractivity contribution in [1.29, 1.82) is 5.26 Å². The molecule has 14 heteroatoms. The first-order valence-electron chi connectivity index (χ1n) is 19.5. The van der Waals surface area contributed by atoms with E-state index < -0.39 is 36.0 Å². The molecule has 0 amide bonds. The zero-order chi connectivity index (χ0) is 42.3. The maximum Gasteiger partial charge on any atom is 0.261 e. The largest absolute Gasteiger partial charge is 0.406 e. The lowest BCUT2D eigenvalue weighted by Gasteiger charge is -2.46. The minimum absolute atomic E-state index is 0.0215. The Bertz CT molecular complexity index is 2580. The number of hydrogen-bond acceptors (Lipinski definition) is 9. The van der Waals surface area contributed by atoms with Crippen molar-refractivity contribution >= 4 is 67.5 Å². The Labute approximate surface area is 350 Å². The van der Waals surface area contributed by atoms with E-state index in [9.17, 15) is 18.1 Å². The quantitative estimate of drug-likeness (QED) is 0.120. The molecule has 0 bridgehead atoms. The van der Waals surface area contributed by atoms with Crippen LogP contribution in [0.2, 0.25) is 5.04 Å². The average Bonchev–Trinajstić information content (AvgIpc) is 3.65. The van der Waals surface area contributed by atoms with Crippen LogP contribution in [0.15, 0.2) is 103 Å². The predicted octanol–water partition coefficient (Wildman–Crippen LogP) is 8.43. The van der Waals surface area contributed by atoms with E-state index in [1.165, 1.54) is 40.1 Å². The fraction of sp³-hybridized carbons (Fsp3) is 0.311. The van der Waals surface area contributed by atoms with Crippen molar-refractivity contribution in [3.8, 4) is 17.3 Å². The van der Waals surface area contributed by atoms with Crippen LogP contribution in [0, 0.1) is 23.0 Å². The van der Waals surface area contributed by atoms with E-state index in [1.807, 2.05) is 79.2 Å². The highest BCUT2D eigenvalue weighted by Crippen LogP contribution is 2.41. The van der Waals surface area contributed by atoms with Crippen LogP contribution in [-0.4, -0.2) is 76.6 Å². The van der Waals surface area contributed by atoms with Gasteiger partial charge in [0.2, 0.25) is 10.0 Å². The first kappa shape index (κ1) is 42.1. The highest BCUT2D eigenvalue weighted by molar-refractivity contribution is 7.88. The minimum Gasteiger partial charge on any atom is -0.406 e. The second kappa shape index (κ2) is 16.5. The molecule has 0 spiro atoms. The van der Waals surface area contributed by atoms with Crippen molar-refractivity contribution in [1.82, 2.24) is 14.3 Å². The summed E-state index contributed by atoms with van der Waals surface area (Å²) in [4.78, 5) is 13.8. The lowest BCUT2D eigenvalue weighted by molar-refractivity contribution is 0.183. The van der Waals surface area contributed by atoms with Crippen LogP contribution in [0.5, 0.6) is 0 Å². The van der Waals surface area contributed by atoms with Crippen molar-refractivity contribution in [3.05, 3.63) is 125 Å². The summed E-state index contributed by atoms with van der Waals surface area (Å²) < 4.78 is 65.8. The van der Waals surface area contributed by atoms with Crippen molar-refractivity contribution in [3.63, 3.8) is 0 Å². The number of pyridine rings is 1. The molecule has 4 aromatic carbocycles. The SMILES string of the molecule is CC(C)c1cc(N(C)c2nc(-c3ccc(F)cc3)c(C#N)s2)c2cc(N3CCN(S(C)(=O)=O)[C@H](CO[Si](c4ccccc4)(c4ccccc4)C(C)(C)C)C3)cc(F)c2n1. The Kier molecular flexibility index (Phi) is 11.8. The summed E-state index contributed by atoms with van der Waals surface area (Å²) in [6.07, 6.45) is 1.23. The summed E-state index contributed by atoms with van der Waals surface area (Å²) in [5.41, 5.74) is 3.14. The molecule has 0 unspecified atom stereocenters. The minimum atomic E-state index is -3.64. The number of piperazine rings is 1. The van der Waals surface area contributed by atoms with E-state index in [4.69, 9.17) is 14.4 Å². The lowest BCUT2D eigenvalue weighted by atomic mass is 10.0. The molecule has 0 saturated carbocycles. The molecule has 1 saturated heterocycles. The van der Waals surface area contributed by atoms with E-state index >= 15 is 4.39 Å². The van der Waals surface area contributed by atoms with Gasteiger partial charge in [-0.3, -0.25) is 0 Å². The lowest BCUT2D eigenvalue weighted by Crippen LogP contribution is -2.68. The van der Waals surface area contributed by atoms with Crippen molar-refractivity contribution in [2.45, 2.75) is 51.6 Å². The smallest absolute Gasteiger partial charge is 0.261 e. The van der Waals surface area contributed by atoms with Crippen molar-refractivity contribution in [2.75, 3.05) is 49.3 Å². The molecule has 306 valence electrons. The number of halogens is 2. The van der Waals surface area contributed by atoms with Crippen LogP contribution in [-0.2, 0) is 14.4 Å². The number of thiazole rings is 1. The van der Waals surface area contributed by atoms with Gasteiger partial charge in [-0.25, -0.2) is 27.2 Å². The molecule has 0 radical (unpaired) electrons. The molecule has 1 aliphatic rings. The van der Waals surface area contributed by atoms with Crippen molar-refractivity contribution < 1.29 is 21.6 Å². The van der Waals surface area contributed by atoms with Crippen LogP contribution < -0.4 is 20.2 Å². The number of sulfonamides is 1. The van der Waals surface area contributed by atoms with Gasteiger partial charge in [0, 0.05) is 49.0 Å². The molecule has 1 aliphatic heterocycles. The number of aromatic nitrogens is 2.